The van der Waals surface area contributed by atoms with E-state index in [1.54, 1.807) is 7.11 Å². The van der Waals surface area contributed by atoms with Crippen molar-refractivity contribution in [2.45, 2.75) is 95.2 Å². The molecule has 0 spiro atoms. The van der Waals surface area contributed by atoms with Gasteiger partial charge in [-0.3, -0.25) is 4.79 Å². The maximum absolute atomic E-state index is 13.3. The maximum Gasteiger partial charge on any atom is 0.343 e. The summed E-state index contributed by atoms with van der Waals surface area (Å²) in [6.07, 6.45) is 10.4. The van der Waals surface area contributed by atoms with Gasteiger partial charge in [-0.2, -0.15) is 0 Å². The molecule has 2 unspecified atom stereocenters. The zero-order valence-corrected chi connectivity index (χ0v) is 30.2. The van der Waals surface area contributed by atoms with Gasteiger partial charge in [0.1, 0.15) is 17.2 Å². The van der Waals surface area contributed by atoms with Gasteiger partial charge in [0.05, 0.1) is 12.7 Å². The summed E-state index contributed by atoms with van der Waals surface area (Å²) < 4.78 is 28.4. The van der Waals surface area contributed by atoms with Crippen LogP contribution < -0.4 is 14.2 Å². The van der Waals surface area contributed by atoms with Crippen LogP contribution in [0.3, 0.4) is 0 Å². The number of benzene rings is 4. The Hall–Kier alpha value is -4.46. The number of esters is 2. The highest BCUT2D eigenvalue weighted by Gasteiger charge is 2.36. The highest BCUT2D eigenvalue weighted by atomic mass is 16.7. The quantitative estimate of drug-likeness (QED) is 0.0785. The highest BCUT2D eigenvalue weighted by Crippen LogP contribution is 2.45. The molecule has 7 nitrogen and oxygen atoms in total. The van der Waals surface area contributed by atoms with Crippen molar-refractivity contribution in [2.24, 2.45) is 0 Å². The molecule has 4 aromatic carbocycles. The average molecular weight is 691 g/mol. The summed E-state index contributed by atoms with van der Waals surface area (Å²) in [4.78, 5) is 24.8. The van der Waals surface area contributed by atoms with Gasteiger partial charge in [0, 0.05) is 31.0 Å². The van der Waals surface area contributed by atoms with Crippen LogP contribution in [0.1, 0.15) is 111 Å². The Morgan fingerprint density at radius 1 is 0.725 bits per heavy atom. The van der Waals surface area contributed by atoms with E-state index in [4.69, 9.17) is 23.7 Å². The second-order valence-electron chi connectivity index (χ2n) is 14.1. The molecule has 1 saturated heterocycles. The topological polar surface area (TPSA) is 80.3 Å². The number of ether oxygens (including phenoxy) is 5. The second kappa shape index (κ2) is 16.7. The summed E-state index contributed by atoms with van der Waals surface area (Å²) >= 11 is 0. The molecule has 7 heteroatoms. The Balaban J connectivity index is 1.15. The largest absolute Gasteiger partial charge is 0.497 e. The Bertz CT molecular complexity index is 1720. The Morgan fingerprint density at radius 3 is 1.84 bits per heavy atom. The molecule has 0 amide bonds. The molecule has 2 atom stereocenters. The number of rotatable bonds is 13. The first-order valence-corrected chi connectivity index (χ1v) is 18.4. The molecular formula is C44H50O7. The summed E-state index contributed by atoms with van der Waals surface area (Å²) in [6, 6.07) is 31.9. The predicted molar refractivity (Wildman–Crippen MR) is 198 cm³/mol. The third-order valence-electron chi connectivity index (χ3n) is 10.7. The lowest BCUT2D eigenvalue weighted by Gasteiger charge is -2.38. The molecule has 0 radical (unpaired) electrons. The van der Waals surface area contributed by atoms with Crippen LogP contribution in [-0.4, -0.2) is 38.6 Å². The fourth-order valence-corrected chi connectivity index (χ4v) is 7.79. The highest BCUT2D eigenvalue weighted by molar-refractivity contribution is 5.91. The van der Waals surface area contributed by atoms with E-state index in [1.807, 2.05) is 72.8 Å². The first-order valence-electron chi connectivity index (χ1n) is 18.4. The van der Waals surface area contributed by atoms with Gasteiger partial charge in [0.25, 0.3) is 0 Å². The van der Waals surface area contributed by atoms with Crippen LogP contribution in [0.4, 0.5) is 0 Å². The lowest BCUT2D eigenvalue weighted by Crippen LogP contribution is -2.30. The monoisotopic (exact) mass is 690 g/mol. The second-order valence-corrected chi connectivity index (χ2v) is 14.1. The fourth-order valence-electron chi connectivity index (χ4n) is 7.79. The van der Waals surface area contributed by atoms with Crippen molar-refractivity contribution in [1.82, 2.24) is 0 Å². The van der Waals surface area contributed by atoms with Crippen LogP contribution in [-0.2, 0) is 25.1 Å². The molecular weight excluding hydrogens is 640 g/mol. The Morgan fingerprint density at radius 2 is 1.29 bits per heavy atom. The van der Waals surface area contributed by atoms with E-state index in [0.717, 1.165) is 68.4 Å². The standard InChI is InChI=1S/C44H50O7/c1-32(45)50-39-23-15-34(16-24-39)43(2,27-9-31-49-41-10-5-8-30-48-41)35-17-25-40(26-18-35)51-42(46)33-11-13-36(14-12-33)44(28-6-4-7-29-44)37-19-21-38(47-3)22-20-37/h11-26,41H,4-10,27-31H2,1-3H3. The van der Waals surface area contributed by atoms with E-state index in [-0.39, 0.29) is 29.1 Å². The summed E-state index contributed by atoms with van der Waals surface area (Å²) in [7, 11) is 1.69. The zero-order chi connectivity index (χ0) is 35.7. The Labute approximate surface area is 302 Å². The van der Waals surface area contributed by atoms with E-state index < -0.39 is 0 Å². The normalized spacial score (nSPS) is 18.3. The van der Waals surface area contributed by atoms with Gasteiger partial charge < -0.3 is 23.7 Å². The molecule has 51 heavy (non-hydrogen) atoms. The van der Waals surface area contributed by atoms with E-state index in [0.29, 0.717) is 23.7 Å². The molecule has 0 N–H and O–H groups in total. The van der Waals surface area contributed by atoms with Crippen molar-refractivity contribution in [2.75, 3.05) is 20.3 Å². The van der Waals surface area contributed by atoms with Gasteiger partial charge in [0.15, 0.2) is 6.29 Å². The van der Waals surface area contributed by atoms with Crippen molar-refractivity contribution >= 4 is 11.9 Å². The third kappa shape index (κ3) is 8.71. The van der Waals surface area contributed by atoms with Gasteiger partial charge in [0.2, 0.25) is 0 Å². The van der Waals surface area contributed by atoms with Gasteiger partial charge in [-0.25, -0.2) is 4.79 Å². The molecule has 0 aromatic heterocycles. The number of hydrogen-bond acceptors (Lipinski definition) is 7. The average Bonchev–Trinajstić information content (AvgIpc) is 3.17. The van der Waals surface area contributed by atoms with Crippen molar-refractivity contribution in [3.8, 4) is 17.2 Å². The van der Waals surface area contributed by atoms with Gasteiger partial charge in [-0.15, -0.1) is 0 Å². The molecule has 6 rings (SSSR count). The minimum absolute atomic E-state index is 0.0774. The molecule has 1 aliphatic carbocycles. The van der Waals surface area contributed by atoms with Crippen LogP contribution in [0.25, 0.3) is 0 Å². The van der Waals surface area contributed by atoms with Crippen LogP contribution in [0.5, 0.6) is 17.2 Å². The van der Waals surface area contributed by atoms with E-state index in [2.05, 4.69) is 31.2 Å². The molecule has 1 aliphatic heterocycles. The molecule has 1 saturated carbocycles. The van der Waals surface area contributed by atoms with Crippen molar-refractivity contribution < 1.29 is 33.3 Å². The van der Waals surface area contributed by atoms with E-state index >= 15 is 0 Å². The van der Waals surface area contributed by atoms with Crippen LogP contribution in [0.15, 0.2) is 97.1 Å². The van der Waals surface area contributed by atoms with Crippen molar-refractivity contribution in [3.05, 3.63) is 125 Å². The zero-order valence-electron chi connectivity index (χ0n) is 30.2. The minimum atomic E-state index is -0.387. The van der Waals surface area contributed by atoms with Crippen LogP contribution in [0, 0.1) is 0 Å². The van der Waals surface area contributed by atoms with Crippen molar-refractivity contribution in [1.29, 1.82) is 0 Å². The fraction of sp³-hybridized carbons (Fsp3) is 0.409. The molecule has 2 aliphatic rings. The first-order chi connectivity index (χ1) is 24.8. The number of carbonyl (C=O) groups excluding carboxylic acids is 2. The molecule has 0 bridgehead atoms. The summed E-state index contributed by atoms with van der Waals surface area (Å²) in [5, 5.41) is 0. The molecule has 268 valence electrons. The van der Waals surface area contributed by atoms with Crippen LogP contribution >= 0.6 is 0 Å². The van der Waals surface area contributed by atoms with E-state index in [1.165, 1.54) is 37.3 Å². The van der Waals surface area contributed by atoms with Gasteiger partial charge in [-0.05, 0) is 116 Å². The SMILES string of the molecule is COc1ccc(C2(c3ccc(C(=O)Oc4ccc(C(C)(CCCOC5CCCCO5)c5ccc(OC(C)=O)cc5)cc4)cc3)CCCCC2)cc1. The lowest BCUT2D eigenvalue weighted by molar-refractivity contribution is -0.163. The molecule has 2 fully saturated rings. The molecule has 1 heterocycles. The summed E-state index contributed by atoms with van der Waals surface area (Å²) in [5.41, 5.74) is 4.75. The number of hydrogen-bond donors (Lipinski definition) is 0. The lowest BCUT2D eigenvalue weighted by atomic mass is 9.65. The van der Waals surface area contributed by atoms with E-state index in [9.17, 15) is 9.59 Å². The smallest absolute Gasteiger partial charge is 0.343 e. The third-order valence-corrected chi connectivity index (χ3v) is 10.7. The predicted octanol–water partition coefficient (Wildman–Crippen LogP) is 9.72. The molecule has 4 aromatic rings. The Kier molecular flexibility index (Phi) is 11.9. The van der Waals surface area contributed by atoms with Crippen LogP contribution in [0.2, 0.25) is 0 Å². The van der Waals surface area contributed by atoms with Gasteiger partial charge >= 0.3 is 11.9 Å². The van der Waals surface area contributed by atoms with Crippen molar-refractivity contribution in [3.63, 3.8) is 0 Å². The summed E-state index contributed by atoms with van der Waals surface area (Å²) in [5.74, 6) is 1.11. The number of carbonyl (C=O) groups is 2. The summed E-state index contributed by atoms with van der Waals surface area (Å²) in [6.45, 7) is 4.96. The minimum Gasteiger partial charge on any atom is -0.497 e. The van der Waals surface area contributed by atoms with Gasteiger partial charge in [-0.1, -0.05) is 74.7 Å². The maximum atomic E-state index is 13.3. The number of methoxy groups -OCH3 is 1. The first kappa shape index (κ1) is 36.3.